The third-order valence-electron chi connectivity index (χ3n) is 21.2. The number of aromatic nitrogens is 2. The van der Waals surface area contributed by atoms with Gasteiger partial charge in [-0.15, -0.1) is 0 Å². The van der Waals surface area contributed by atoms with Gasteiger partial charge in [0.05, 0.1) is 91.2 Å². The van der Waals surface area contributed by atoms with Crippen LogP contribution in [0.1, 0.15) is 106 Å². The summed E-state index contributed by atoms with van der Waals surface area (Å²) in [5, 5.41) is 1.49. The molecule has 0 N–H and O–H groups in total. The summed E-state index contributed by atoms with van der Waals surface area (Å²) in [6.45, 7) is 1.90. The fraction of sp³-hybridized carbons (Fsp3) is 0.0545. The van der Waals surface area contributed by atoms with E-state index in [2.05, 4.69) is 140 Å². The lowest BCUT2D eigenvalue weighted by Gasteiger charge is -2.30. The molecule has 4 nitrogen and oxygen atoms in total. The molecule has 0 bridgehead atoms. The highest BCUT2D eigenvalue weighted by Gasteiger charge is 2.38. The summed E-state index contributed by atoms with van der Waals surface area (Å²) < 4.78 is 381. The Hall–Kier alpha value is -14.3. The van der Waals surface area contributed by atoms with E-state index in [0.717, 1.165) is 78.8 Å². The lowest BCUT2D eigenvalue weighted by molar-refractivity contribution is 0.660. The molecule has 0 amide bonds. The van der Waals surface area contributed by atoms with E-state index in [1.54, 1.807) is 0 Å². The van der Waals surface area contributed by atoms with Crippen LogP contribution in [0.25, 0.3) is 143 Å². The smallest absolute Gasteiger partial charge is 0.0648 e. The first-order chi connectivity index (χ1) is 73.2. The van der Waals surface area contributed by atoms with Crippen molar-refractivity contribution in [1.29, 1.82) is 0 Å². The van der Waals surface area contributed by atoms with Crippen LogP contribution in [0.2, 0.25) is 0 Å². The minimum absolute atomic E-state index is 0.0914. The molecule has 0 radical (unpaired) electrons. The molecule has 2 aliphatic rings. The third-order valence-corrected chi connectivity index (χ3v) is 21.2. The van der Waals surface area contributed by atoms with E-state index in [9.17, 15) is 26.0 Å². The summed E-state index contributed by atoms with van der Waals surface area (Å²) in [6.07, 6.45) is 0. The van der Waals surface area contributed by atoms with Gasteiger partial charge in [-0.25, -0.2) is 0 Å². The van der Waals surface area contributed by atoms with Gasteiger partial charge in [0, 0.05) is 81.3 Å². The lowest BCUT2D eigenvalue weighted by atomic mass is 9.82. The van der Waals surface area contributed by atoms with Gasteiger partial charge < -0.3 is 18.9 Å². The second kappa shape index (κ2) is 27.3. The molecule has 22 rings (SSSR count). The Morgan fingerprint density at radius 3 is 1.71 bits per heavy atom. The van der Waals surface area contributed by atoms with Crippen molar-refractivity contribution in [1.82, 2.24) is 9.13 Å². The molecule has 18 aromatic carbocycles. The fourth-order valence-electron chi connectivity index (χ4n) is 15.9. The summed E-state index contributed by atoms with van der Waals surface area (Å²) in [6, 6.07) is 24.0. The van der Waals surface area contributed by atoms with Crippen LogP contribution in [0, 0.1) is 0 Å². The number of hydrogen-bond donors (Lipinski definition) is 0. The Balaban J connectivity index is 0.000000196. The average molecular weight is 1500 g/mol. The van der Waals surface area contributed by atoms with Crippen molar-refractivity contribution in [2.24, 2.45) is 0 Å². The largest absolute Gasteiger partial charge is 0.310 e. The highest BCUT2D eigenvalue weighted by atomic mass is 15.2. The van der Waals surface area contributed by atoms with Gasteiger partial charge in [0.25, 0.3) is 0 Å². The van der Waals surface area contributed by atoms with Gasteiger partial charge in [-0.1, -0.05) is 324 Å². The maximum atomic E-state index is 10.2. The van der Waals surface area contributed by atoms with Crippen LogP contribution >= 0.6 is 0 Å². The first-order valence-corrected chi connectivity index (χ1v) is 36.4. The van der Waals surface area contributed by atoms with E-state index in [-0.39, 0.29) is 45.7 Å². The average Bonchev–Trinajstić information content (AvgIpc) is 1.50. The number of hydrogen-bond acceptors (Lipinski definition) is 2. The van der Waals surface area contributed by atoms with E-state index >= 15 is 0 Å². The SMILES string of the molecule is [2H]c1c([2H])c(N(c2cccc(-c3ccccc3)c2)c2ccc3c(c2)C(C)(C)c2ccccc2-3)c([2H])c([2H])c1-c1ccc2c(c1)c1ccccc1n2-c1cccc2ccccc12.[2H]c1c([2H])c([2H])c(-c2c([2H])c([2H])c([2H])c([2H])c2N(c2c([2H])c([2H])c(-c3c([2H])c([2H])c4c(c3[2H])c3c([2H])c([2H])c([2H])c([2H])c3n4-c3c([2H])c([2H])c([2H])c4c([2H])c([2H])c([2H])c([2H])c34)c([2H])c2[2H])c2c([2H])c([2H])c3c(c2[2H])C(C)(C([2H])([2H])[2H])c2c([2H])c([2H])c([2H])c([2H])c2-3)c([2H])c1[2H]. The summed E-state index contributed by atoms with van der Waals surface area (Å²) in [5.41, 5.74) is -4.04. The molecule has 2 aliphatic carbocycles. The second-order valence-electron chi connectivity index (χ2n) is 28.1. The number of nitrogens with zero attached hydrogens (tertiary/aromatic N) is 4. The number of rotatable bonds is 12. The first-order valence-electron chi connectivity index (χ1n) is 56.9. The Morgan fingerprint density at radius 2 is 0.860 bits per heavy atom. The van der Waals surface area contributed by atoms with Crippen LogP contribution in [0.3, 0.4) is 0 Å². The van der Waals surface area contributed by atoms with Crippen LogP contribution in [0.5, 0.6) is 0 Å². The standard InChI is InChI=1S/2C55H40N2/c1-55(2)49-23-11-8-21-45(49)46-33-32-42(36-50(46)55)56(51-24-12-9-20-43(51)38-15-4-3-5-16-38)41-30-27-37(28-31-41)40-29-34-54-48(35-40)47-22-10-13-25-53(47)57(54)52-26-14-18-39-17-6-7-19-44(39)52;1-55(2)50-23-10-8-21-46(50)47-32-31-44(36-51(47)55)56(43-19-12-18-40(34-43)37-14-4-3-5-15-37)42-29-26-38(27-30-42)41-28-33-54-49(35-41)48-22-9-11-24-53(48)57(54)52-25-13-17-39-16-6-7-20-45(39)52/h2*3-36H,1-2H3/i1D3,3D,4D,5D,6D,7D,8D,9D,10D,11D,12D,13D,14D,15D,16D,17D,18D,19D,20D,21D,22D,23D,24D,25D,26D,27D,28D,29D,30D,31D,32D,33D,34D,35D,36D;26D,27D,29D,30D. The zero-order valence-corrected chi connectivity index (χ0v) is 60.6. The zero-order valence-electron chi connectivity index (χ0n) is 102. The molecule has 0 aliphatic heterocycles. The third kappa shape index (κ3) is 11.3. The van der Waals surface area contributed by atoms with E-state index in [0.29, 0.717) is 10.1 Å². The Bertz CT molecular complexity index is 9650. The van der Waals surface area contributed by atoms with Crippen molar-refractivity contribution in [2.75, 3.05) is 9.80 Å². The van der Waals surface area contributed by atoms with Crippen LogP contribution in [-0.2, 0) is 10.8 Å². The number of anilines is 6. The van der Waals surface area contributed by atoms with E-state index in [4.69, 9.17) is 30.2 Å². The highest BCUT2D eigenvalue weighted by Crippen LogP contribution is 2.54. The maximum absolute atomic E-state index is 10.2. The minimum Gasteiger partial charge on any atom is -0.310 e. The lowest BCUT2D eigenvalue weighted by Crippen LogP contribution is -2.16. The molecule has 0 saturated carbocycles. The normalized spacial score (nSPS) is 18.9. The van der Waals surface area contributed by atoms with E-state index in [1.807, 2.05) is 65.6 Å². The van der Waals surface area contributed by atoms with Gasteiger partial charge in [-0.3, -0.25) is 0 Å². The van der Waals surface area contributed by atoms with E-state index in [1.165, 1.54) is 11.1 Å². The Kier molecular flexibility index (Phi) is 9.01. The summed E-state index contributed by atoms with van der Waals surface area (Å²) in [4.78, 5) is 2.17. The minimum atomic E-state index is -3.50. The predicted octanol–water partition coefficient (Wildman–Crippen LogP) is 30.1. The van der Waals surface area contributed by atoms with Crippen molar-refractivity contribution < 1.29 is 56.2 Å². The quantitative estimate of drug-likeness (QED) is 0.121. The second-order valence-corrected chi connectivity index (χ2v) is 28.1. The van der Waals surface area contributed by atoms with Crippen LogP contribution in [0.4, 0.5) is 34.1 Å². The first kappa shape index (κ1) is 37.6. The summed E-state index contributed by atoms with van der Waals surface area (Å²) >= 11 is 0. The predicted molar refractivity (Wildman–Crippen MR) is 483 cm³/mol. The molecule has 4 heteroatoms. The number of fused-ring (bicyclic) bond motifs is 14. The van der Waals surface area contributed by atoms with Crippen molar-refractivity contribution in [3.8, 4) is 78.1 Å². The van der Waals surface area contributed by atoms with Gasteiger partial charge in [0.2, 0.25) is 0 Å². The van der Waals surface area contributed by atoms with Crippen molar-refractivity contribution in [2.45, 2.75) is 38.5 Å². The van der Waals surface area contributed by atoms with Gasteiger partial charge in [0.15, 0.2) is 0 Å². The van der Waals surface area contributed by atoms with Crippen LogP contribution < -0.4 is 9.80 Å². The molecule has 0 spiro atoms. The van der Waals surface area contributed by atoms with Crippen molar-refractivity contribution in [3.63, 3.8) is 0 Å². The fourth-order valence-corrected chi connectivity index (χ4v) is 15.9. The van der Waals surface area contributed by atoms with Crippen molar-refractivity contribution >= 4 is 99.3 Å². The molecule has 2 heterocycles. The molecule has 1 atom stereocenters. The Labute approximate surface area is 722 Å². The van der Waals surface area contributed by atoms with Gasteiger partial charge in [0.1, 0.15) is 0 Å². The molecule has 1 unspecified atom stereocenters. The molecule has 20 aromatic rings. The molecule has 2 aromatic heterocycles. The number of para-hydroxylation sites is 3. The molecule has 0 saturated heterocycles. The molecule has 114 heavy (non-hydrogen) atoms. The highest BCUT2D eigenvalue weighted by molar-refractivity contribution is 6.13. The topological polar surface area (TPSA) is 16.3 Å². The van der Waals surface area contributed by atoms with Gasteiger partial charge >= 0.3 is 0 Å². The van der Waals surface area contributed by atoms with Crippen LogP contribution in [0.15, 0.2) is 412 Å². The van der Waals surface area contributed by atoms with Crippen molar-refractivity contribution in [3.05, 3.63) is 434 Å². The monoisotopic (exact) mass is 1500 g/mol. The van der Waals surface area contributed by atoms with E-state index < -0.39 is 318 Å². The molecular weight excluding hydrogens is 1380 g/mol. The summed E-state index contributed by atoms with van der Waals surface area (Å²) in [5.74, 6) is 0. The van der Waals surface area contributed by atoms with Crippen LogP contribution in [-0.4, -0.2) is 9.13 Å². The van der Waals surface area contributed by atoms with Gasteiger partial charge in [-0.05, 0) is 209 Å². The number of benzene rings is 18. The summed E-state index contributed by atoms with van der Waals surface area (Å²) in [7, 11) is 0. The maximum Gasteiger partial charge on any atom is 0.0648 e. The Morgan fingerprint density at radius 1 is 0.254 bits per heavy atom. The molecular formula is C110H80N4. The zero-order chi connectivity index (χ0) is 112. The molecule has 0 fully saturated rings. The molecule has 540 valence electrons. The van der Waals surface area contributed by atoms with Gasteiger partial charge in [-0.2, -0.15) is 0 Å².